The van der Waals surface area contributed by atoms with Crippen LogP contribution in [0, 0.1) is 5.92 Å². The summed E-state index contributed by atoms with van der Waals surface area (Å²) >= 11 is 0. The van der Waals surface area contributed by atoms with Crippen LogP contribution in [0.2, 0.25) is 0 Å². The summed E-state index contributed by atoms with van der Waals surface area (Å²) in [6, 6.07) is -0.264. The van der Waals surface area contributed by atoms with Gasteiger partial charge in [-0.3, -0.25) is 14.5 Å². The van der Waals surface area contributed by atoms with Crippen LogP contribution in [0.25, 0.3) is 0 Å². The molecule has 18 heavy (non-hydrogen) atoms. The van der Waals surface area contributed by atoms with E-state index in [0.29, 0.717) is 19.5 Å². The summed E-state index contributed by atoms with van der Waals surface area (Å²) in [5.74, 6) is -1.12. The minimum Gasteiger partial charge on any atom is -0.481 e. The Morgan fingerprint density at radius 1 is 1.50 bits per heavy atom. The number of hydrogen-bond acceptors (Lipinski definition) is 3. The fourth-order valence-corrected chi connectivity index (χ4v) is 2.03. The number of nitrogens with one attached hydrogen (secondary N) is 1. The van der Waals surface area contributed by atoms with Gasteiger partial charge >= 0.3 is 5.97 Å². The molecule has 0 aliphatic carbocycles. The molecule has 2 unspecified atom stereocenters. The minimum absolute atomic E-state index is 0.0205. The smallest absolute Gasteiger partial charge is 0.307 e. The monoisotopic (exact) mass is 256 g/mol. The summed E-state index contributed by atoms with van der Waals surface area (Å²) in [5, 5.41) is 11.9. The number of nitrogens with zero attached hydrogens (tertiary/aromatic N) is 1. The third-order valence-corrected chi connectivity index (χ3v) is 3.84. The third kappa shape index (κ3) is 3.70. The van der Waals surface area contributed by atoms with Gasteiger partial charge in [0.25, 0.3) is 0 Å². The number of carbonyl (C=O) groups excluding carboxylic acids is 1. The number of carboxylic acid groups (broad SMARTS) is 1. The van der Waals surface area contributed by atoms with Crippen LogP contribution in [0.4, 0.5) is 0 Å². The molecule has 0 saturated carbocycles. The fourth-order valence-electron chi connectivity index (χ4n) is 2.03. The Labute approximate surface area is 109 Å². The van der Waals surface area contributed by atoms with E-state index < -0.39 is 5.97 Å². The van der Waals surface area contributed by atoms with Crippen LogP contribution in [0.5, 0.6) is 0 Å². The van der Waals surface area contributed by atoms with Crippen molar-refractivity contribution in [2.45, 2.75) is 52.1 Å². The average Bonchev–Trinajstić information content (AvgIpc) is 2.76. The quantitative estimate of drug-likeness (QED) is 0.772. The summed E-state index contributed by atoms with van der Waals surface area (Å²) < 4.78 is 0. The van der Waals surface area contributed by atoms with Gasteiger partial charge in [-0.15, -0.1) is 0 Å². The average molecular weight is 256 g/mol. The summed E-state index contributed by atoms with van der Waals surface area (Å²) in [5.41, 5.74) is -0.211. The number of rotatable bonds is 5. The highest BCUT2D eigenvalue weighted by molar-refractivity contribution is 5.82. The first kappa shape index (κ1) is 15.0. The molecule has 0 spiro atoms. The van der Waals surface area contributed by atoms with Gasteiger partial charge in [0.15, 0.2) is 0 Å². The minimum atomic E-state index is -0.765. The van der Waals surface area contributed by atoms with Crippen LogP contribution in [-0.2, 0) is 9.59 Å². The first-order chi connectivity index (χ1) is 8.26. The number of aliphatic carboxylic acids is 1. The van der Waals surface area contributed by atoms with E-state index in [4.69, 9.17) is 5.11 Å². The molecule has 1 heterocycles. The number of amides is 1. The zero-order valence-electron chi connectivity index (χ0n) is 11.7. The lowest BCUT2D eigenvalue weighted by molar-refractivity contribution is -0.141. The van der Waals surface area contributed by atoms with E-state index in [1.165, 1.54) is 0 Å². The predicted molar refractivity (Wildman–Crippen MR) is 69.3 cm³/mol. The molecule has 0 bridgehead atoms. The van der Waals surface area contributed by atoms with Crippen LogP contribution < -0.4 is 5.32 Å². The largest absolute Gasteiger partial charge is 0.481 e. The van der Waals surface area contributed by atoms with Crippen molar-refractivity contribution in [3.63, 3.8) is 0 Å². The highest BCUT2D eigenvalue weighted by Gasteiger charge is 2.34. The lowest BCUT2D eigenvalue weighted by Gasteiger charge is -2.30. The lowest BCUT2D eigenvalue weighted by Crippen LogP contribution is -2.51. The van der Waals surface area contributed by atoms with Crippen molar-refractivity contribution in [2.24, 2.45) is 5.92 Å². The Hall–Kier alpha value is -1.10. The lowest BCUT2D eigenvalue weighted by atomic mass is 10.0. The van der Waals surface area contributed by atoms with Gasteiger partial charge in [-0.25, -0.2) is 0 Å². The fraction of sp³-hybridized carbons (Fsp3) is 0.846. The van der Waals surface area contributed by atoms with Crippen LogP contribution in [-0.4, -0.2) is 46.6 Å². The van der Waals surface area contributed by atoms with Crippen molar-refractivity contribution in [2.75, 3.05) is 13.1 Å². The van der Waals surface area contributed by atoms with Crippen molar-refractivity contribution in [1.29, 1.82) is 0 Å². The second-order valence-corrected chi connectivity index (χ2v) is 5.72. The molecular formula is C13H24N2O3. The Bertz CT molecular complexity index is 328. The van der Waals surface area contributed by atoms with Crippen molar-refractivity contribution >= 4 is 11.9 Å². The molecule has 0 aromatic heterocycles. The number of carboxylic acids is 1. The zero-order chi connectivity index (χ0) is 13.9. The topological polar surface area (TPSA) is 69.6 Å². The molecule has 1 saturated heterocycles. The summed E-state index contributed by atoms with van der Waals surface area (Å²) in [6.07, 6.45) is 1.49. The SMILES string of the molecule is CCC(C)(C)NC(=O)C(C)N1CCC(C(=O)O)C1. The third-order valence-electron chi connectivity index (χ3n) is 3.84. The molecule has 5 heteroatoms. The summed E-state index contributed by atoms with van der Waals surface area (Å²) in [6.45, 7) is 8.99. The predicted octanol–water partition coefficient (Wildman–Crippen LogP) is 1.09. The van der Waals surface area contributed by atoms with Gasteiger partial charge in [-0.1, -0.05) is 6.92 Å². The Kier molecular flexibility index (Phi) is 4.73. The van der Waals surface area contributed by atoms with Crippen LogP contribution in [0.3, 0.4) is 0 Å². The number of carbonyl (C=O) groups is 2. The first-order valence-electron chi connectivity index (χ1n) is 6.55. The van der Waals surface area contributed by atoms with Crippen LogP contribution >= 0.6 is 0 Å². The Morgan fingerprint density at radius 3 is 2.56 bits per heavy atom. The van der Waals surface area contributed by atoms with Gasteiger partial charge in [0.2, 0.25) is 5.91 Å². The van der Waals surface area contributed by atoms with E-state index in [2.05, 4.69) is 5.32 Å². The maximum atomic E-state index is 12.1. The maximum absolute atomic E-state index is 12.1. The maximum Gasteiger partial charge on any atom is 0.307 e. The molecular weight excluding hydrogens is 232 g/mol. The van der Waals surface area contributed by atoms with Gasteiger partial charge in [-0.2, -0.15) is 0 Å². The van der Waals surface area contributed by atoms with E-state index in [1.807, 2.05) is 32.6 Å². The van der Waals surface area contributed by atoms with Gasteiger partial charge in [0.1, 0.15) is 0 Å². The molecule has 0 radical (unpaired) electrons. The highest BCUT2D eigenvalue weighted by atomic mass is 16.4. The van der Waals surface area contributed by atoms with Gasteiger partial charge in [0.05, 0.1) is 12.0 Å². The molecule has 2 atom stereocenters. The van der Waals surface area contributed by atoms with Crippen molar-refractivity contribution in [1.82, 2.24) is 10.2 Å². The van der Waals surface area contributed by atoms with E-state index >= 15 is 0 Å². The van der Waals surface area contributed by atoms with E-state index in [-0.39, 0.29) is 23.4 Å². The highest BCUT2D eigenvalue weighted by Crippen LogP contribution is 2.19. The molecule has 1 amide bonds. The molecule has 1 rings (SSSR count). The van der Waals surface area contributed by atoms with Crippen LogP contribution in [0.1, 0.15) is 40.5 Å². The van der Waals surface area contributed by atoms with E-state index in [0.717, 1.165) is 6.42 Å². The molecule has 1 aliphatic rings. The molecule has 1 aliphatic heterocycles. The van der Waals surface area contributed by atoms with Crippen molar-refractivity contribution < 1.29 is 14.7 Å². The molecule has 0 aromatic carbocycles. The van der Waals surface area contributed by atoms with E-state index in [9.17, 15) is 9.59 Å². The van der Waals surface area contributed by atoms with Crippen molar-refractivity contribution in [3.05, 3.63) is 0 Å². The first-order valence-corrected chi connectivity index (χ1v) is 6.55. The second-order valence-electron chi connectivity index (χ2n) is 5.72. The summed E-state index contributed by atoms with van der Waals surface area (Å²) in [7, 11) is 0. The molecule has 5 nitrogen and oxygen atoms in total. The zero-order valence-corrected chi connectivity index (χ0v) is 11.7. The van der Waals surface area contributed by atoms with Gasteiger partial charge < -0.3 is 10.4 Å². The van der Waals surface area contributed by atoms with Crippen LogP contribution in [0.15, 0.2) is 0 Å². The number of likely N-dealkylation sites (tertiary alicyclic amines) is 1. The Morgan fingerprint density at radius 2 is 2.11 bits per heavy atom. The standard InChI is InChI=1S/C13H24N2O3/c1-5-13(3,4)14-11(16)9(2)15-7-6-10(8-15)12(17)18/h9-10H,5-8H2,1-4H3,(H,14,16)(H,17,18). The van der Waals surface area contributed by atoms with Crippen molar-refractivity contribution in [3.8, 4) is 0 Å². The molecule has 1 fully saturated rings. The number of hydrogen-bond donors (Lipinski definition) is 2. The normalized spacial score (nSPS) is 22.8. The molecule has 2 N–H and O–H groups in total. The van der Waals surface area contributed by atoms with E-state index in [1.54, 1.807) is 0 Å². The second kappa shape index (κ2) is 5.69. The summed E-state index contributed by atoms with van der Waals surface area (Å²) in [4.78, 5) is 24.9. The molecule has 0 aromatic rings. The Balaban J connectivity index is 2.53. The van der Waals surface area contributed by atoms with Gasteiger partial charge in [0, 0.05) is 12.1 Å². The molecule has 104 valence electrons. The van der Waals surface area contributed by atoms with Gasteiger partial charge in [-0.05, 0) is 40.2 Å².